The summed E-state index contributed by atoms with van der Waals surface area (Å²) in [4.78, 5) is 28.4. The number of nitrogens with zero attached hydrogens (tertiary/aromatic N) is 6. The first-order valence-corrected chi connectivity index (χ1v) is 15.6. The third kappa shape index (κ3) is 9.13. The van der Waals surface area contributed by atoms with E-state index in [9.17, 15) is 14.3 Å². The summed E-state index contributed by atoms with van der Waals surface area (Å²) in [6.07, 6.45) is 6.32. The van der Waals surface area contributed by atoms with Gasteiger partial charge < -0.3 is 19.1 Å². The molecule has 48 heavy (non-hydrogen) atoms. The molecule has 10 nitrogen and oxygen atoms in total. The molecule has 0 unspecified atom stereocenters. The smallest absolute Gasteiger partial charge is 0.354 e. The zero-order valence-corrected chi connectivity index (χ0v) is 27.4. The summed E-state index contributed by atoms with van der Waals surface area (Å²) < 4.78 is 57.9. The molecule has 13 heteroatoms. The van der Waals surface area contributed by atoms with Gasteiger partial charge in [0.15, 0.2) is 11.3 Å². The van der Waals surface area contributed by atoms with Gasteiger partial charge in [-0.1, -0.05) is 33.8 Å². The number of halogens is 3. The first-order chi connectivity index (χ1) is 23.3. The molecule has 252 valence electrons. The Morgan fingerprint density at radius 2 is 1.83 bits per heavy atom. The van der Waals surface area contributed by atoms with Gasteiger partial charge in [-0.05, 0) is 61.4 Å². The number of carboxylic acids is 1. The normalized spacial score (nSPS) is 12.1. The second-order valence-corrected chi connectivity index (χ2v) is 9.55. The Labute approximate surface area is 276 Å². The number of hydrogen-bond donors (Lipinski definition) is 1. The summed E-state index contributed by atoms with van der Waals surface area (Å²) >= 11 is 0. The van der Waals surface area contributed by atoms with E-state index in [1.54, 1.807) is 22.8 Å². The molecule has 1 N–H and O–H groups in total. The van der Waals surface area contributed by atoms with E-state index >= 15 is 8.78 Å². The van der Waals surface area contributed by atoms with E-state index in [4.69, 9.17) is 14.7 Å². The van der Waals surface area contributed by atoms with Crippen LogP contribution < -0.4 is 0 Å². The number of aromatic carboxylic acids is 1. The highest BCUT2D eigenvalue weighted by molar-refractivity contribution is 6.09. The molecule has 4 heterocycles. The predicted molar refractivity (Wildman–Crippen MR) is 175 cm³/mol. The first-order valence-electron chi connectivity index (χ1n) is 15.6. The van der Waals surface area contributed by atoms with Crippen molar-refractivity contribution in [2.24, 2.45) is 4.99 Å². The lowest BCUT2D eigenvalue weighted by Gasteiger charge is -2.12. The van der Waals surface area contributed by atoms with Crippen LogP contribution in [0.5, 0.6) is 0 Å². The number of nitriles is 1. The van der Waals surface area contributed by atoms with Crippen molar-refractivity contribution < 1.29 is 32.5 Å². The highest BCUT2D eigenvalue weighted by atomic mass is 19.1. The van der Waals surface area contributed by atoms with Crippen LogP contribution in [0.25, 0.3) is 11.2 Å². The number of imidazole rings is 1. The van der Waals surface area contributed by atoms with Gasteiger partial charge in [-0.3, -0.25) is 4.98 Å². The van der Waals surface area contributed by atoms with Crippen molar-refractivity contribution >= 4 is 22.8 Å². The number of rotatable bonds is 11. The van der Waals surface area contributed by atoms with E-state index in [2.05, 4.69) is 19.9 Å². The number of carbonyl (C=O) groups is 1. The lowest BCUT2D eigenvalue weighted by Crippen LogP contribution is -2.12. The molecule has 0 amide bonds. The fourth-order valence-electron chi connectivity index (χ4n) is 4.50. The fourth-order valence-corrected chi connectivity index (χ4v) is 4.50. The molecule has 0 bridgehead atoms. The number of benzene rings is 1. The van der Waals surface area contributed by atoms with Crippen molar-refractivity contribution in [2.75, 3.05) is 13.2 Å². The number of allylic oxidation sites excluding steroid dienone is 3. The van der Waals surface area contributed by atoms with Gasteiger partial charge in [0.25, 0.3) is 0 Å². The molecule has 3 aromatic heterocycles. The Bertz CT molecular complexity index is 1880. The minimum atomic E-state index is -1.20. The molecule has 0 spiro atoms. The number of pyridine rings is 2. The Morgan fingerprint density at radius 3 is 2.52 bits per heavy atom. The minimum absolute atomic E-state index is 0.0188. The Morgan fingerprint density at radius 1 is 1.06 bits per heavy atom. The highest BCUT2D eigenvalue weighted by Gasteiger charge is 2.20. The number of hydrogen-bond acceptors (Lipinski definition) is 8. The van der Waals surface area contributed by atoms with Gasteiger partial charge in [0, 0.05) is 31.3 Å². The average Bonchev–Trinajstić information content (AvgIpc) is 3.26. The molecule has 1 aliphatic rings. The zero-order valence-electron chi connectivity index (χ0n) is 27.4. The van der Waals surface area contributed by atoms with E-state index in [0.717, 1.165) is 18.2 Å². The lowest BCUT2D eigenvalue weighted by molar-refractivity contribution is 0.0690. The molecule has 0 atom stereocenters. The largest absolute Gasteiger partial charge is 0.477 e. The fraction of sp³-hybridized carbons (Fsp3) is 0.314. The Balaban J connectivity index is 0.00000151. The van der Waals surface area contributed by atoms with Gasteiger partial charge in [-0.2, -0.15) is 5.26 Å². The average molecular weight is 663 g/mol. The number of fused-ring (bicyclic) bond motifs is 1. The van der Waals surface area contributed by atoms with Crippen LogP contribution in [0.1, 0.15) is 79.7 Å². The van der Waals surface area contributed by atoms with Crippen molar-refractivity contribution in [1.82, 2.24) is 19.5 Å². The third-order valence-corrected chi connectivity index (χ3v) is 6.65. The van der Waals surface area contributed by atoms with Gasteiger partial charge in [0.05, 0.1) is 17.9 Å². The number of aromatic nitrogens is 4. The maximum atomic E-state index is 15.5. The maximum Gasteiger partial charge on any atom is 0.354 e. The van der Waals surface area contributed by atoms with Crippen molar-refractivity contribution in [1.29, 1.82) is 5.26 Å². The monoisotopic (exact) mass is 662 g/mol. The van der Waals surface area contributed by atoms with E-state index in [-0.39, 0.29) is 65.9 Å². The van der Waals surface area contributed by atoms with Crippen LogP contribution in [0.2, 0.25) is 0 Å². The highest BCUT2D eigenvalue weighted by Crippen LogP contribution is 2.24. The molecule has 0 saturated carbocycles. The molecule has 5 rings (SSSR count). The van der Waals surface area contributed by atoms with Gasteiger partial charge in [0.2, 0.25) is 5.88 Å². The lowest BCUT2D eigenvalue weighted by atomic mass is 10.0. The standard InChI is InChI=1S/C31H25F3N6O4.2C2H6/c1-2-43-10-9-40-28(37-25-7-8-26(31(41)42)39-30(25)40)13-19-12-22(33)20(14-21(19)32)24-5-3-4-6-29(38-24)44-17-27-23(34)11-18(15-35)16-36-27;2*1-2/h3,5-8,11-12,14,16H,2,4,9-10,13,17H2,1H3,(H,41,42);2*1-2H3. The Hall–Kier alpha value is -5.35. The molecule has 1 aliphatic heterocycles. The van der Waals surface area contributed by atoms with Crippen molar-refractivity contribution in [3.05, 3.63) is 112 Å². The van der Waals surface area contributed by atoms with Gasteiger partial charge in [-0.15, -0.1) is 0 Å². The van der Waals surface area contributed by atoms with Gasteiger partial charge in [-0.25, -0.2) is 32.9 Å². The number of aliphatic imine (C=N–C) groups is 1. The summed E-state index contributed by atoms with van der Waals surface area (Å²) in [5.74, 6) is -2.94. The van der Waals surface area contributed by atoms with Crippen LogP contribution >= 0.6 is 0 Å². The molecule has 4 aromatic rings. The summed E-state index contributed by atoms with van der Waals surface area (Å²) in [6.45, 7) is 10.6. The molecule has 0 aliphatic carbocycles. The number of ether oxygens (including phenoxy) is 2. The van der Waals surface area contributed by atoms with Crippen molar-refractivity contribution in [2.45, 2.75) is 60.6 Å². The SMILES string of the molecule is CC.CC.CCOCCn1c(Cc2cc(F)c(C3=NC(OCc4ncc(C#N)cc4F)=CCC=C3)cc2F)nc2ccc(C(=O)O)nc21. The second-order valence-electron chi connectivity index (χ2n) is 9.55. The van der Waals surface area contributed by atoms with E-state index in [1.807, 2.05) is 34.6 Å². The van der Waals surface area contributed by atoms with E-state index < -0.39 is 23.4 Å². The van der Waals surface area contributed by atoms with Gasteiger partial charge in [0.1, 0.15) is 47.2 Å². The zero-order chi connectivity index (χ0) is 35.2. The topological polar surface area (TPSA) is 136 Å². The molecular formula is C35H37F3N6O4. The van der Waals surface area contributed by atoms with Crippen LogP contribution in [0.15, 0.2) is 65.6 Å². The summed E-state index contributed by atoms with van der Waals surface area (Å²) in [6, 6.07) is 7.79. The quantitative estimate of drug-likeness (QED) is 0.165. The Kier molecular flexibility index (Phi) is 14.0. The predicted octanol–water partition coefficient (Wildman–Crippen LogP) is 7.30. The molecule has 0 fully saturated rings. The minimum Gasteiger partial charge on any atom is -0.477 e. The van der Waals surface area contributed by atoms with Crippen molar-refractivity contribution in [3.8, 4) is 6.07 Å². The first kappa shape index (κ1) is 37.1. The molecular weight excluding hydrogens is 625 g/mol. The number of carboxylic acid groups (broad SMARTS) is 1. The molecule has 1 aromatic carbocycles. The van der Waals surface area contributed by atoms with Crippen LogP contribution in [-0.4, -0.2) is 49.5 Å². The second kappa shape index (κ2) is 18.1. The van der Waals surface area contributed by atoms with Crippen LogP contribution in [0.4, 0.5) is 13.2 Å². The molecule has 0 saturated heterocycles. The summed E-state index contributed by atoms with van der Waals surface area (Å²) in [5, 5.41) is 18.3. The summed E-state index contributed by atoms with van der Waals surface area (Å²) in [5.41, 5.74) is 0.567. The van der Waals surface area contributed by atoms with Crippen LogP contribution in [0.3, 0.4) is 0 Å². The van der Waals surface area contributed by atoms with Crippen molar-refractivity contribution in [3.63, 3.8) is 0 Å². The van der Waals surface area contributed by atoms with E-state index in [1.165, 1.54) is 24.4 Å². The summed E-state index contributed by atoms with van der Waals surface area (Å²) in [7, 11) is 0. The third-order valence-electron chi connectivity index (χ3n) is 6.65. The van der Waals surface area contributed by atoms with E-state index in [0.29, 0.717) is 30.0 Å². The van der Waals surface area contributed by atoms with Crippen LogP contribution in [0, 0.1) is 28.8 Å². The maximum absolute atomic E-state index is 15.5. The van der Waals surface area contributed by atoms with Gasteiger partial charge >= 0.3 is 5.97 Å². The molecule has 0 radical (unpaired) electrons. The van der Waals surface area contributed by atoms with Crippen LogP contribution in [-0.2, 0) is 29.0 Å².